The summed E-state index contributed by atoms with van der Waals surface area (Å²) in [4.78, 5) is 9.04. The van der Waals surface area contributed by atoms with E-state index in [-0.39, 0.29) is 5.75 Å². The van der Waals surface area contributed by atoms with E-state index >= 15 is 0 Å². The van der Waals surface area contributed by atoms with E-state index in [1.54, 1.807) is 19.2 Å². The highest BCUT2D eigenvalue weighted by Gasteiger charge is 2.31. The molecule has 1 aliphatic heterocycles. The molecule has 0 spiro atoms. The first-order chi connectivity index (χ1) is 15.8. The lowest BCUT2D eigenvalue weighted by molar-refractivity contribution is -0.274. The SMILES string of the molecule is CNc1cc(OC(F)(F)F)ccc1N(CCN1CCOCC1)c1ccc2cccc(Cl)c2n1. The van der Waals surface area contributed by atoms with Crippen LogP contribution in [0.4, 0.5) is 30.4 Å². The van der Waals surface area contributed by atoms with Crippen LogP contribution in [0.5, 0.6) is 5.75 Å². The van der Waals surface area contributed by atoms with Crippen LogP contribution in [0.2, 0.25) is 5.02 Å². The van der Waals surface area contributed by atoms with Crippen LogP contribution in [0.25, 0.3) is 10.9 Å². The van der Waals surface area contributed by atoms with E-state index < -0.39 is 6.36 Å². The monoisotopic (exact) mass is 480 g/mol. The molecule has 6 nitrogen and oxygen atoms in total. The molecule has 4 rings (SSSR count). The fraction of sp³-hybridized carbons (Fsp3) is 0.348. The van der Waals surface area contributed by atoms with Gasteiger partial charge in [0, 0.05) is 44.7 Å². The summed E-state index contributed by atoms with van der Waals surface area (Å²) >= 11 is 6.38. The summed E-state index contributed by atoms with van der Waals surface area (Å²) < 4.78 is 47.7. The topological polar surface area (TPSA) is 49.9 Å². The summed E-state index contributed by atoms with van der Waals surface area (Å²) in [5.74, 6) is 0.350. The normalized spacial score (nSPS) is 14.9. The van der Waals surface area contributed by atoms with Gasteiger partial charge in [0.25, 0.3) is 0 Å². The van der Waals surface area contributed by atoms with Crippen molar-refractivity contribution in [1.29, 1.82) is 0 Å². The average Bonchev–Trinajstić information content (AvgIpc) is 2.80. The molecule has 10 heteroatoms. The van der Waals surface area contributed by atoms with E-state index in [4.69, 9.17) is 21.3 Å². The molecule has 1 N–H and O–H groups in total. The van der Waals surface area contributed by atoms with Crippen LogP contribution in [0.1, 0.15) is 0 Å². The quantitative estimate of drug-likeness (QED) is 0.495. The summed E-state index contributed by atoms with van der Waals surface area (Å²) in [5.41, 5.74) is 1.83. The molecule has 1 aliphatic rings. The maximum Gasteiger partial charge on any atom is 0.573 e. The predicted octanol–water partition coefficient (Wildman–Crippen LogP) is 5.30. The van der Waals surface area contributed by atoms with Gasteiger partial charge in [0.1, 0.15) is 11.6 Å². The van der Waals surface area contributed by atoms with Crippen molar-refractivity contribution in [2.45, 2.75) is 6.36 Å². The molecular weight excluding hydrogens is 457 g/mol. The number of anilines is 3. The maximum atomic E-state index is 12.7. The number of nitrogens with zero attached hydrogens (tertiary/aromatic N) is 3. The second-order valence-electron chi connectivity index (χ2n) is 7.56. The predicted molar refractivity (Wildman–Crippen MR) is 124 cm³/mol. The largest absolute Gasteiger partial charge is 0.573 e. The number of halogens is 4. The van der Waals surface area contributed by atoms with Gasteiger partial charge < -0.3 is 19.7 Å². The Hall–Kier alpha value is -2.75. The Morgan fingerprint density at radius 1 is 1.15 bits per heavy atom. The minimum Gasteiger partial charge on any atom is -0.406 e. The summed E-state index contributed by atoms with van der Waals surface area (Å²) in [6.07, 6.45) is -4.76. The number of pyridine rings is 1. The number of alkyl halides is 3. The number of hydrogen-bond acceptors (Lipinski definition) is 6. The average molecular weight is 481 g/mol. The van der Waals surface area contributed by atoms with Gasteiger partial charge in [-0.3, -0.25) is 4.90 Å². The number of hydrogen-bond donors (Lipinski definition) is 1. The van der Waals surface area contributed by atoms with E-state index in [1.165, 1.54) is 12.1 Å². The molecule has 2 aromatic carbocycles. The van der Waals surface area contributed by atoms with Gasteiger partial charge >= 0.3 is 6.36 Å². The number of aromatic nitrogens is 1. The molecule has 0 bridgehead atoms. The third-order valence-corrected chi connectivity index (χ3v) is 5.74. The van der Waals surface area contributed by atoms with Crippen LogP contribution in [0, 0.1) is 0 Å². The number of nitrogens with one attached hydrogen (secondary N) is 1. The van der Waals surface area contributed by atoms with Crippen LogP contribution in [-0.2, 0) is 4.74 Å². The van der Waals surface area contributed by atoms with Gasteiger partial charge in [0.2, 0.25) is 0 Å². The lowest BCUT2D eigenvalue weighted by Crippen LogP contribution is -2.40. The number of ether oxygens (including phenoxy) is 2. The third-order valence-electron chi connectivity index (χ3n) is 5.44. The standard InChI is InChI=1S/C23H24ClF3N4O2/c1-28-19-15-17(33-23(25,26)27)6-7-20(19)31(10-9-30-11-13-32-14-12-30)21-8-5-16-3-2-4-18(24)22(16)29-21/h2-8,15,28H,9-14H2,1H3. The van der Waals surface area contributed by atoms with Crippen molar-refractivity contribution >= 4 is 39.7 Å². The lowest BCUT2D eigenvalue weighted by atomic mass is 10.2. The van der Waals surface area contributed by atoms with Crippen LogP contribution in [0.15, 0.2) is 48.5 Å². The molecule has 176 valence electrons. The number of morpholine rings is 1. The van der Waals surface area contributed by atoms with Crippen LogP contribution in [-0.4, -0.2) is 62.7 Å². The molecule has 3 aromatic rings. The molecule has 33 heavy (non-hydrogen) atoms. The van der Waals surface area contributed by atoms with Gasteiger partial charge in [0.15, 0.2) is 0 Å². The molecule has 0 atom stereocenters. The Labute approximate surface area is 194 Å². The summed E-state index contributed by atoms with van der Waals surface area (Å²) in [6.45, 7) is 4.29. The Kier molecular flexibility index (Phi) is 7.11. The van der Waals surface area contributed by atoms with Crippen molar-refractivity contribution in [2.75, 3.05) is 56.7 Å². The van der Waals surface area contributed by atoms with Gasteiger partial charge in [0.05, 0.1) is 35.1 Å². The second kappa shape index (κ2) is 10.0. The van der Waals surface area contributed by atoms with E-state index in [2.05, 4.69) is 15.0 Å². The minimum atomic E-state index is -4.76. The van der Waals surface area contributed by atoms with E-state index in [1.807, 2.05) is 29.2 Å². The van der Waals surface area contributed by atoms with Gasteiger partial charge in [-0.15, -0.1) is 13.2 Å². The molecule has 2 heterocycles. The molecule has 0 aliphatic carbocycles. The number of fused-ring (bicyclic) bond motifs is 1. The molecular formula is C23H24ClF3N4O2. The summed E-state index contributed by atoms with van der Waals surface area (Å²) in [7, 11) is 1.65. The number of benzene rings is 2. The lowest BCUT2D eigenvalue weighted by Gasteiger charge is -2.31. The second-order valence-corrected chi connectivity index (χ2v) is 7.97. The maximum absolute atomic E-state index is 12.7. The molecule has 1 saturated heterocycles. The third kappa shape index (κ3) is 5.79. The molecule has 0 amide bonds. The smallest absolute Gasteiger partial charge is 0.406 e. The fourth-order valence-electron chi connectivity index (χ4n) is 3.82. The van der Waals surface area contributed by atoms with Crippen molar-refractivity contribution in [1.82, 2.24) is 9.88 Å². The van der Waals surface area contributed by atoms with Gasteiger partial charge in [-0.25, -0.2) is 4.98 Å². The van der Waals surface area contributed by atoms with E-state index in [0.29, 0.717) is 47.5 Å². The van der Waals surface area contributed by atoms with Crippen LogP contribution < -0.4 is 15.0 Å². The summed E-state index contributed by atoms with van der Waals surface area (Å²) in [5, 5.41) is 4.42. The first kappa shape index (κ1) is 23.4. The van der Waals surface area contributed by atoms with Crippen molar-refractivity contribution in [3.63, 3.8) is 0 Å². The highest BCUT2D eigenvalue weighted by atomic mass is 35.5. The van der Waals surface area contributed by atoms with Crippen molar-refractivity contribution in [3.8, 4) is 5.75 Å². The van der Waals surface area contributed by atoms with Crippen molar-refractivity contribution in [3.05, 3.63) is 53.6 Å². The first-order valence-corrected chi connectivity index (χ1v) is 10.9. The Morgan fingerprint density at radius 2 is 1.94 bits per heavy atom. The molecule has 1 fully saturated rings. The van der Waals surface area contributed by atoms with E-state index in [0.717, 1.165) is 25.0 Å². The van der Waals surface area contributed by atoms with Crippen LogP contribution >= 0.6 is 11.6 Å². The molecule has 1 aromatic heterocycles. The molecule has 0 unspecified atom stereocenters. The zero-order valence-corrected chi connectivity index (χ0v) is 18.8. The molecule has 0 radical (unpaired) electrons. The molecule has 0 saturated carbocycles. The fourth-order valence-corrected chi connectivity index (χ4v) is 4.05. The Balaban J connectivity index is 1.71. The highest BCUT2D eigenvalue weighted by molar-refractivity contribution is 6.35. The number of rotatable bonds is 7. The highest BCUT2D eigenvalue weighted by Crippen LogP contribution is 2.36. The van der Waals surface area contributed by atoms with Gasteiger partial charge in [-0.05, 0) is 30.3 Å². The zero-order valence-electron chi connectivity index (χ0n) is 18.0. The Bertz CT molecular complexity index is 1110. The van der Waals surface area contributed by atoms with Gasteiger partial charge in [-0.2, -0.15) is 0 Å². The minimum absolute atomic E-state index is 0.293. The van der Waals surface area contributed by atoms with Crippen molar-refractivity contribution in [2.24, 2.45) is 0 Å². The van der Waals surface area contributed by atoms with E-state index in [9.17, 15) is 13.2 Å². The first-order valence-electron chi connectivity index (χ1n) is 10.5. The zero-order chi connectivity index (χ0) is 23.4. The van der Waals surface area contributed by atoms with Crippen molar-refractivity contribution < 1.29 is 22.6 Å². The summed E-state index contributed by atoms with van der Waals surface area (Å²) in [6, 6.07) is 13.6. The number of para-hydroxylation sites is 1. The van der Waals surface area contributed by atoms with Gasteiger partial charge in [-0.1, -0.05) is 23.7 Å². The van der Waals surface area contributed by atoms with Crippen LogP contribution in [0.3, 0.4) is 0 Å². The Morgan fingerprint density at radius 3 is 2.67 bits per heavy atom.